The standard InChI is InChI=1S/2C14H13Ge/c2*1-2-15(13-9-5-3-6-10-13)14-11-7-4-8-12-14/h2*2-12H,1H2. The molecule has 0 aliphatic carbocycles. The van der Waals surface area contributed by atoms with Crippen molar-refractivity contribution in [2.24, 2.45) is 0 Å². The van der Waals surface area contributed by atoms with Crippen molar-refractivity contribution in [1.82, 2.24) is 0 Å². The Morgan fingerprint density at radius 1 is 0.367 bits per heavy atom. The van der Waals surface area contributed by atoms with E-state index in [1.807, 2.05) is 0 Å². The first-order valence-electron chi connectivity index (χ1n) is 10.0. The molecule has 0 amide bonds. The fraction of sp³-hybridized carbons (Fsp3) is 0. The molecule has 0 aliphatic rings. The molecular weight excluding hydrogens is 482 g/mol. The van der Waals surface area contributed by atoms with Gasteiger partial charge in [0.25, 0.3) is 0 Å². The van der Waals surface area contributed by atoms with Crippen LogP contribution in [0.4, 0.5) is 0 Å². The van der Waals surface area contributed by atoms with Crippen LogP contribution in [0, 0.1) is 0 Å². The minimum atomic E-state index is -1.46. The molecule has 0 nitrogen and oxygen atoms in total. The Labute approximate surface area is 189 Å². The van der Waals surface area contributed by atoms with Gasteiger partial charge in [-0.25, -0.2) is 0 Å². The summed E-state index contributed by atoms with van der Waals surface area (Å²) in [6.45, 7) is 7.98. The maximum atomic E-state index is 3.99. The summed E-state index contributed by atoms with van der Waals surface area (Å²) in [5.41, 5.74) is 0. The van der Waals surface area contributed by atoms with E-state index in [-0.39, 0.29) is 0 Å². The quantitative estimate of drug-likeness (QED) is 0.346. The summed E-state index contributed by atoms with van der Waals surface area (Å²) in [5.74, 6) is 0. The van der Waals surface area contributed by atoms with Crippen LogP contribution in [0.25, 0.3) is 0 Å². The zero-order valence-corrected chi connectivity index (χ0v) is 21.3. The Bertz CT molecular complexity index is 847. The van der Waals surface area contributed by atoms with Crippen LogP contribution in [0.2, 0.25) is 0 Å². The molecule has 0 aliphatic heterocycles. The average molecular weight is 508 g/mol. The maximum absolute atomic E-state index is 3.99. The molecular formula is C28H26Ge2. The number of hydrogen-bond donors (Lipinski definition) is 0. The molecule has 0 atom stereocenters. The van der Waals surface area contributed by atoms with Crippen molar-refractivity contribution in [3.05, 3.63) is 144 Å². The van der Waals surface area contributed by atoms with Gasteiger partial charge in [0.2, 0.25) is 0 Å². The van der Waals surface area contributed by atoms with Crippen LogP contribution in [0.5, 0.6) is 0 Å². The molecule has 2 heteroatoms. The number of benzene rings is 4. The molecule has 0 fully saturated rings. The first kappa shape index (κ1) is 22.1. The average Bonchev–Trinajstić information content (AvgIpc) is 2.83. The molecule has 30 heavy (non-hydrogen) atoms. The zero-order valence-electron chi connectivity index (χ0n) is 17.1. The molecule has 4 aromatic rings. The monoisotopic (exact) mass is 510 g/mol. The molecule has 2 radical (unpaired) electrons. The van der Waals surface area contributed by atoms with Crippen LogP contribution in [0.1, 0.15) is 0 Å². The molecule has 0 N–H and O–H groups in total. The Morgan fingerprint density at radius 3 is 0.733 bits per heavy atom. The second kappa shape index (κ2) is 12.2. The molecule has 4 aromatic carbocycles. The van der Waals surface area contributed by atoms with E-state index in [2.05, 4.69) is 144 Å². The SMILES string of the molecule is C=[CH][Ge]([c]1ccccc1)[c]1ccccc1.C=[CH][Ge]([c]1ccccc1)[c]1ccccc1. The van der Waals surface area contributed by atoms with E-state index in [0.717, 1.165) is 0 Å². The Kier molecular flexibility index (Phi) is 9.01. The Balaban J connectivity index is 0.000000171. The van der Waals surface area contributed by atoms with Crippen LogP contribution in [0.15, 0.2) is 144 Å². The van der Waals surface area contributed by atoms with Crippen LogP contribution >= 0.6 is 0 Å². The number of rotatable bonds is 6. The van der Waals surface area contributed by atoms with E-state index in [0.29, 0.717) is 0 Å². The van der Waals surface area contributed by atoms with E-state index in [4.69, 9.17) is 0 Å². The van der Waals surface area contributed by atoms with Crippen molar-refractivity contribution in [3.63, 3.8) is 0 Å². The van der Waals surface area contributed by atoms with Crippen LogP contribution in [-0.2, 0) is 0 Å². The molecule has 0 saturated carbocycles. The first-order valence-corrected chi connectivity index (χ1v) is 16.7. The summed E-state index contributed by atoms with van der Waals surface area (Å²) in [5, 5.41) is 0. The molecule has 4 rings (SSSR count). The minimum absolute atomic E-state index is 1.46. The molecule has 146 valence electrons. The molecule has 0 spiro atoms. The van der Waals surface area contributed by atoms with Gasteiger partial charge in [0, 0.05) is 0 Å². The van der Waals surface area contributed by atoms with Gasteiger partial charge in [-0.3, -0.25) is 0 Å². The molecule has 0 unspecified atom stereocenters. The van der Waals surface area contributed by atoms with Crippen molar-refractivity contribution in [2.45, 2.75) is 0 Å². The first-order chi connectivity index (χ1) is 14.8. The fourth-order valence-electron chi connectivity index (χ4n) is 3.28. The van der Waals surface area contributed by atoms with Gasteiger partial charge >= 0.3 is 191 Å². The van der Waals surface area contributed by atoms with Crippen molar-refractivity contribution >= 4 is 46.3 Å². The predicted octanol–water partition coefficient (Wildman–Crippen LogP) is 4.04. The topological polar surface area (TPSA) is 0 Å². The third-order valence-corrected chi connectivity index (χ3v) is 14.5. The predicted molar refractivity (Wildman–Crippen MR) is 136 cm³/mol. The summed E-state index contributed by atoms with van der Waals surface area (Å²) < 4.78 is 5.83. The second-order valence-electron chi connectivity index (χ2n) is 6.70. The Hall–Kier alpha value is -2.55. The van der Waals surface area contributed by atoms with Crippen molar-refractivity contribution in [3.8, 4) is 0 Å². The molecule has 0 saturated heterocycles. The van der Waals surface area contributed by atoms with Gasteiger partial charge in [-0.1, -0.05) is 0 Å². The molecule has 0 aromatic heterocycles. The van der Waals surface area contributed by atoms with Crippen molar-refractivity contribution < 1.29 is 0 Å². The van der Waals surface area contributed by atoms with E-state index in [1.54, 1.807) is 0 Å². The normalized spacial score (nSPS) is 10.2. The van der Waals surface area contributed by atoms with Crippen molar-refractivity contribution in [1.29, 1.82) is 0 Å². The third kappa shape index (κ3) is 6.22. The van der Waals surface area contributed by atoms with Gasteiger partial charge < -0.3 is 0 Å². The van der Waals surface area contributed by atoms with Gasteiger partial charge in [-0.05, 0) is 0 Å². The van der Waals surface area contributed by atoms with E-state index in [9.17, 15) is 0 Å². The van der Waals surface area contributed by atoms with E-state index < -0.39 is 28.7 Å². The van der Waals surface area contributed by atoms with Gasteiger partial charge in [-0.2, -0.15) is 0 Å². The van der Waals surface area contributed by atoms with Crippen molar-refractivity contribution in [2.75, 3.05) is 0 Å². The summed E-state index contributed by atoms with van der Waals surface area (Å²) in [4.78, 5) is 4.31. The summed E-state index contributed by atoms with van der Waals surface area (Å²) in [7, 11) is 0. The van der Waals surface area contributed by atoms with Crippen LogP contribution in [0.3, 0.4) is 0 Å². The van der Waals surface area contributed by atoms with E-state index in [1.165, 1.54) is 17.6 Å². The molecule has 0 heterocycles. The summed E-state index contributed by atoms with van der Waals surface area (Å²) in [6.07, 6.45) is 0. The Morgan fingerprint density at radius 2 is 0.567 bits per heavy atom. The summed E-state index contributed by atoms with van der Waals surface area (Å²) in [6, 6.07) is 42.8. The van der Waals surface area contributed by atoms with Gasteiger partial charge in [0.15, 0.2) is 0 Å². The second-order valence-corrected chi connectivity index (χ2v) is 16.7. The van der Waals surface area contributed by atoms with Gasteiger partial charge in [0.05, 0.1) is 0 Å². The van der Waals surface area contributed by atoms with Crippen LogP contribution < -0.4 is 17.6 Å². The van der Waals surface area contributed by atoms with Gasteiger partial charge in [0.1, 0.15) is 0 Å². The zero-order chi connectivity index (χ0) is 21.0. The van der Waals surface area contributed by atoms with E-state index >= 15 is 0 Å². The fourth-order valence-corrected chi connectivity index (χ4v) is 11.3. The number of hydrogen-bond acceptors (Lipinski definition) is 0. The summed E-state index contributed by atoms with van der Waals surface area (Å²) >= 11 is -2.92. The molecule has 0 bridgehead atoms. The third-order valence-electron chi connectivity index (χ3n) is 4.75. The van der Waals surface area contributed by atoms with Gasteiger partial charge in [-0.15, -0.1) is 0 Å². The van der Waals surface area contributed by atoms with Crippen LogP contribution in [-0.4, -0.2) is 28.7 Å².